The lowest BCUT2D eigenvalue weighted by atomic mass is 9.97. The van der Waals surface area contributed by atoms with Gasteiger partial charge >= 0.3 is 6.18 Å². The Balaban J connectivity index is 1.97. The maximum Gasteiger partial charge on any atom is 0.435 e. The van der Waals surface area contributed by atoms with Gasteiger partial charge in [-0.2, -0.15) is 13.2 Å². The largest absolute Gasteiger partial charge is 0.435 e. The molecule has 3 rings (SSSR count). The molecule has 2 aromatic carbocycles. The van der Waals surface area contributed by atoms with Crippen molar-refractivity contribution in [2.75, 3.05) is 12.4 Å². The zero-order chi connectivity index (χ0) is 21.9. The van der Waals surface area contributed by atoms with Crippen LogP contribution in [-0.4, -0.2) is 24.2 Å². The Morgan fingerprint density at radius 1 is 1.17 bits per heavy atom. The summed E-state index contributed by atoms with van der Waals surface area (Å²) in [5, 5.41) is 6.50. The van der Waals surface area contributed by atoms with Gasteiger partial charge < -0.3 is 10.2 Å². The normalized spacial score (nSPS) is 11.7. The van der Waals surface area contributed by atoms with Crippen LogP contribution in [-0.2, 0) is 11.0 Å². The fourth-order valence-corrected chi connectivity index (χ4v) is 3.79. The topological polar surface area (TPSA) is 63.6 Å². The van der Waals surface area contributed by atoms with Gasteiger partial charge in [-0.3, -0.25) is 4.79 Å². The van der Waals surface area contributed by atoms with E-state index in [1.165, 1.54) is 14.0 Å². The molecule has 156 valence electrons. The highest BCUT2D eigenvalue weighted by atomic mass is 32.1. The fourth-order valence-electron chi connectivity index (χ4n) is 2.96. The Kier molecular flexibility index (Phi) is 6.21. The highest BCUT2D eigenvalue weighted by Gasteiger charge is 2.39. The number of alkyl halides is 3. The third-order valence-electron chi connectivity index (χ3n) is 4.24. The molecule has 1 heterocycles. The second kappa shape index (κ2) is 8.66. The van der Waals surface area contributed by atoms with Crippen LogP contribution in [0.15, 0.2) is 47.6 Å². The zero-order valence-corrected chi connectivity index (χ0v) is 17.2. The third-order valence-corrected chi connectivity index (χ3v) is 5.21. The summed E-state index contributed by atoms with van der Waals surface area (Å²) in [7, 11) is 1.45. The van der Waals surface area contributed by atoms with Crippen molar-refractivity contribution >= 4 is 29.1 Å². The van der Waals surface area contributed by atoms with Gasteiger partial charge in [-0.1, -0.05) is 41.6 Å². The number of amides is 1. The van der Waals surface area contributed by atoms with Gasteiger partial charge in [0.2, 0.25) is 0 Å². The molecule has 0 saturated heterocycles. The molecule has 0 unspecified atom stereocenters. The highest BCUT2D eigenvalue weighted by molar-refractivity contribution is 7.13. The number of carbonyl (C=O) groups excluding carboxylic acids is 1. The summed E-state index contributed by atoms with van der Waals surface area (Å²) in [6.07, 6.45) is -3.15. The predicted molar refractivity (Wildman–Crippen MR) is 111 cm³/mol. The molecule has 0 radical (unpaired) electrons. The van der Waals surface area contributed by atoms with E-state index in [-0.39, 0.29) is 5.01 Å². The van der Waals surface area contributed by atoms with E-state index in [0.717, 1.165) is 22.3 Å². The van der Waals surface area contributed by atoms with Gasteiger partial charge in [0, 0.05) is 11.3 Å². The molecule has 0 spiro atoms. The molecular weight excluding hydrogens is 415 g/mol. The highest BCUT2D eigenvalue weighted by Crippen LogP contribution is 2.36. The number of benzene rings is 2. The van der Waals surface area contributed by atoms with Crippen LogP contribution in [0, 0.1) is 13.8 Å². The van der Waals surface area contributed by atoms with Crippen LogP contribution in [0.4, 0.5) is 18.9 Å². The van der Waals surface area contributed by atoms with Crippen LogP contribution in [0.2, 0.25) is 0 Å². The number of nitrogens with zero attached hydrogens (tertiary/aromatic N) is 2. The minimum absolute atomic E-state index is 0.172. The Bertz CT molecular complexity index is 1090. The van der Waals surface area contributed by atoms with Crippen molar-refractivity contribution in [2.24, 2.45) is 5.16 Å². The molecule has 0 fully saturated rings. The van der Waals surface area contributed by atoms with Crippen molar-refractivity contribution in [2.45, 2.75) is 20.0 Å². The van der Waals surface area contributed by atoms with Gasteiger partial charge in [0.1, 0.15) is 12.0 Å². The number of halogens is 3. The summed E-state index contributed by atoms with van der Waals surface area (Å²) in [6.45, 7) is 3.30. The summed E-state index contributed by atoms with van der Waals surface area (Å²) in [6, 6.07) is 12.6. The zero-order valence-electron chi connectivity index (χ0n) is 16.4. The van der Waals surface area contributed by atoms with Crippen LogP contribution < -0.4 is 5.32 Å². The van der Waals surface area contributed by atoms with E-state index in [4.69, 9.17) is 0 Å². The van der Waals surface area contributed by atoms with Gasteiger partial charge in [0.15, 0.2) is 5.69 Å². The van der Waals surface area contributed by atoms with E-state index < -0.39 is 22.7 Å². The maximum absolute atomic E-state index is 13.2. The van der Waals surface area contributed by atoms with E-state index >= 15 is 0 Å². The summed E-state index contributed by atoms with van der Waals surface area (Å²) in [4.78, 5) is 20.4. The lowest BCUT2D eigenvalue weighted by Crippen LogP contribution is -2.17. The molecule has 1 amide bonds. The molecule has 1 aromatic heterocycles. The monoisotopic (exact) mass is 433 g/mol. The molecular formula is C21H18F3N3O2S. The maximum atomic E-state index is 13.2. The van der Waals surface area contributed by atoms with Crippen molar-refractivity contribution in [3.63, 3.8) is 0 Å². The number of rotatable bonds is 5. The minimum Gasteiger partial charge on any atom is -0.399 e. The first-order chi connectivity index (χ1) is 14.2. The summed E-state index contributed by atoms with van der Waals surface area (Å²) >= 11 is 0.714. The number of aryl methyl sites for hydroxylation is 2. The number of anilines is 1. The Morgan fingerprint density at radius 2 is 1.87 bits per heavy atom. The average molecular weight is 433 g/mol. The number of oxime groups is 1. The van der Waals surface area contributed by atoms with Crippen LogP contribution in [0.25, 0.3) is 11.1 Å². The summed E-state index contributed by atoms with van der Waals surface area (Å²) in [5.74, 6) is -0.844. The molecule has 0 bridgehead atoms. The first-order valence-corrected chi connectivity index (χ1v) is 9.65. The van der Waals surface area contributed by atoms with Crippen LogP contribution in [0.3, 0.4) is 0 Å². The number of thiazole rings is 1. The molecule has 9 heteroatoms. The lowest BCUT2D eigenvalue weighted by molar-refractivity contribution is -0.141. The molecule has 0 aliphatic heterocycles. The summed E-state index contributed by atoms with van der Waals surface area (Å²) < 4.78 is 39.7. The number of hydrogen-bond acceptors (Lipinski definition) is 5. The Hall–Kier alpha value is -3.20. The van der Waals surface area contributed by atoms with E-state index in [0.29, 0.717) is 17.0 Å². The molecule has 3 aromatic rings. The van der Waals surface area contributed by atoms with E-state index in [2.05, 4.69) is 20.3 Å². The molecule has 0 aliphatic carbocycles. The van der Waals surface area contributed by atoms with Gasteiger partial charge in [-0.15, -0.1) is 11.3 Å². The van der Waals surface area contributed by atoms with E-state index in [1.54, 1.807) is 18.3 Å². The standard InChI is InChI=1S/C21H18F3N3O2S/c1-12-5-4-6-16(17(12)15-9-7-14(8-10-15)11-25-29-3)27-20(28)18-19(21(22,23)24)26-13(2)30-18/h4-11H,1-3H3,(H,27,28)/b25-11+. The van der Waals surface area contributed by atoms with Gasteiger partial charge in [0.05, 0.1) is 11.2 Å². The smallest absolute Gasteiger partial charge is 0.399 e. The average Bonchev–Trinajstić information content (AvgIpc) is 3.10. The fraction of sp³-hybridized carbons (Fsp3) is 0.190. The van der Waals surface area contributed by atoms with Crippen molar-refractivity contribution in [1.82, 2.24) is 4.98 Å². The van der Waals surface area contributed by atoms with Crippen LogP contribution in [0.1, 0.15) is 31.5 Å². The van der Waals surface area contributed by atoms with Gasteiger partial charge in [0.25, 0.3) is 5.91 Å². The second-order valence-corrected chi connectivity index (χ2v) is 7.60. The van der Waals surface area contributed by atoms with Gasteiger partial charge in [-0.25, -0.2) is 4.98 Å². The molecule has 0 saturated carbocycles. The van der Waals surface area contributed by atoms with Crippen molar-refractivity contribution in [3.05, 3.63) is 69.2 Å². The molecule has 5 nitrogen and oxygen atoms in total. The van der Waals surface area contributed by atoms with E-state index in [9.17, 15) is 18.0 Å². The van der Waals surface area contributed by atoms with Crippen LogP contribution in [0.5, 0.6) is 0 Å². The second-order valence-electron chi connectivity index (χ2n) is 6.40. The number of carbonyl (C=O) groups is 1. The first kappa shape index (κ1) is 21.5. The first-order valence-electron chi connectivity index (χ1n) is 8.83. The predicted octanol–water partition coefficient (Wildman–Crippen LogP) is 5.68. The van der Waals surface area contributed by atoms with Crippen molar-refractivity contribution < 1.29 is 22.8 Å². The minimum atomic E-state index is -4.70. The lowest BCUT2D eigenvalue weighted by Gasteiger charge is -2.14. The molecule has 0 atom stereocenters. The number of hydrogen-bond donors (Lipinski definition) is 1. The molecule has 0 aliphatic rings. The van der Waals surface area contributed by atoms with Crippen molar-refractivity contribution in [3.8, 4) is 11.1 Å². The Morgan fingerprint density at radius 3 is 2.50 bits per heavy atom. The summed E-state index contributed by atoms with van der Waals surface area (Å²) in [5.41, 5.74) is 2.44. The van der Waals surface area contributed by atoms with Crippen molar-refractivity contribution in [1.29, 1.82) is 0 Å². The number of nitrogens with one attached hydrogen (secondary N) is 1. The number of aromatic nitrogens is 1. The van der Waals surface area contributed by atoms with Gasteiger partial charge in [-0.05, 0) is 36.6 Å². The van der Waals surface area contributed by atoms with E-state index in [1.807, 2.05) is 37.3 Å². The van der Waals surface area contributed by atoms with Crippen LogP contribution >= 0.6 is 11.3 Å². The quantitative estimate of drug-likeness (QED) is 0.416. The molecule has 1 N–H and O–H groups in total. The SMILES string of the molecule is CO/N=C/c1ccc(-c2c(C)cccc2NC(=O)c2sc(C)nc2C(F)(F)F)cc1. The molecule has 30 heavy (non-hydrogen) atoms. The Labute approximate surface area is 175 Å². The third kappa shape index (κ3) is 4.68.